The quantitative estimate of drug-likeness (QED) is 0.478. The van der Waals surface area contributed by atoms with Crippen LogP contribution in [0.15, 0.2) is 54.6 Å². The number of benzene rings is 3. The average Bonchev–Trinajstić information content (AvgIpc) is 2.54. The van der Waals surface area contributed by atoms with Crippen LogP contribution in [-0.4, -0.2) is 0 Å². The van der Waals surface area contributed by atoms with Gasteiger partial charge in [0.2, 0.25) is 0 Å². The molecule has 2 N–H and O–H groups in total. The first-order valence-corrected chi connectivity index (χ1v) is 7.97. The molecule has 1 heteroatoms. The summed E-state index contributed by atoms with van der Waals surface area (Å²) in [7, 11) is 0. The van der Waals surface area contributed by atoms with E-state index in [1.807, 2.05) is 0 Å². The van der Waals surface area contributed by atoms with Crippen molar-refractivity contribution in [2.75, 3.05) is 0 Å². The number of hydrogen-bond acceptors (Lipinski definition) is 1. The zero-order valence-corrected chi connectivity index (χ0v) is 12.7. The first-order chi connectivity index (χ1) is 10.3. The van der Waals surface area contributed by atoms with Crippen molar-refractivity contribution in [3.8, 4) is 0 Å². The first-order valence-electron chi connectivity index (χ1n) is 7.97. The van der Waals surface area contributed by atoms with Crippen molar-refractivity contribution in [3.05, 3.63) is 60.2 Å². The third-order valence-electron chi connectivity index (χ3n) is 4.32. The van der Waals surface area contributed by atoms with E-state index >= 15 is 0 Å². The van der Waals surface area contributed by atoms with Crippen LogP contribution < -0.4 is 5.73 Å². The molecule has 108 valence electrons. The lowest BCUT2D eigenvalue weighted by molar-refractivity contribution is 0.584. The molecule has 0 aliphatic rings. The molecular weight excluding hydrogens is 254 g/mol. The van der Waals surface area contributed by atoms with Crippen molar-refractivity contribution in [1.82, 2.24) is 0 Å². The van der Waals surface area contributed by atoms with Gasteiger partial charge in [0.25, 0.3) is 0 Å². The van der Waals surface area contributed by atoms with E-state index in [0.29, 0.717) is 0 Å². The van der Waals surface area contributed by atoms with Crippen molar-refractivity contribution in [2.24, 2.45) is 5.73 Å². The lowest BCUT2D eigenvalue weighted by atomic mass is 9.92. The summed E-state index contributed by atoms with van der Waals surface area (Å²) in [5, 5.41) is 5.23. The average molecular weight is 277 g/mol. The van der Waals surface area contributed by atoms with E-state index in [2.05, 4.69) is 61.5 Å². The molecule has 0 spiro atoms. The lowest BCUT2D eigenvalue weighted by Crippen LogP contribution is -2.10. The minimum absolute atomic E-state index is 0.131. The summed E-state index contributed by atoms with van der Waals surface area (Å²) in [5.41, 5.74) is 7.78. The molecule has 0 amide bonds. The minimum atomic E-state index is 0.131. The Balaban J connectivity index is 2.11. The Morgan fingerprint density at radius 1 is 0.857 bits per heavy atom. The van der Waals surface area contributed by atoms with Crippen LogP contribution in [-0.2, 0) is 0 Å². The highest BCUT2D eigenvalue weighted by atomic mass is 14.6. The molecule has 21 heavy (non-hydrogen) atoms. The van der Waals surface area contributed by atoms with Crippen LogP contribution in [0.25, 0.3) is 21.5 Å². The molecule has 0 aliphatic heterocycles. The fourth-order valence-corrected chi connectivity index (χ4v) is 3.16. The Bertz CT molecular complexity index is 745. The van der Waals surface area contributed by atoms with Gasteiger partial charge in [-0.3, -0.25) is 0 Å². The summed E-state index contributed by atoms with van der Waals surface area (Å²) in [6.45, 7) is 2.23. The van der Waals surface area contributed by atoms with Gasteiger partial charge in [0, 0.05) is 6.04 Å². The molecule has 1 nitrogen and oxygen atoms in total. The second kappa shape index (κ2) is 6.28. The Kier molecular flexibility index (Phi) is 4.21. The molecule has 0 heterocycles. The van der Waals surface area contributed by atoms with Crippen LogP contribution in [0, 0.1) is 0 Å². The van der Waals surface area contributed by atoms with E-state index in [4.69, 9.17) is 5.73 Å². The van der Waals surface area contributed by atoms with Gasteiger partial charge in [-0.05, 0) is 39.6 Å². The van der Waals surface area contributed by atoms with Crippen molar-refractivity contribution >= 4 is 21.5 Å². The molecule has 1 atom stereocenters. The zero-order valence-electron chi connectivity index (χ0n) is 12.7. The minimum Gasteiger partial charge on any atom is -0.324 e. The van der Waals surface area contributed by atoms with Crippen LogP contribution in [0.1, 0.15) is 44.2 Å². The van der Waals surface area contributed by atoms with Gasteiger partial charge >= 0.3 is 0 Å². The second-order valence-corrected chi connectivity index (χ2v) is 5.83. The van der Waals surface area contributed by atoms with Gasteiger partial charge in [-0.2, -0.15) is 0 Å². The van der Waals surface area contributed by atoms with E-state index in [-0.39, 0.29) is 6.04 Å². The standard InChI is InChI=1S/C20H23N/c1-2-3-4-13-20(21)19-14-15-9-5-6-10-16(15)17-11-7-8-12-18(17)19/h5-12,14,20H,2-4,13,21H2,1H3/t20-/m1/s1. The summed E-state index contributed by atoms with van der Waals surface area (Å²) < 4.78 is 0. The number of unbranched alkanes of at least 4 members (excludes halogenated alkanes) is 2. The van der Waals surface area contributed by atoms with Gasteiger partial charge in [-0.15, -0.1) is 0 Å². The van der Waals surface area contributed by atoms with Gasteiger partial charge in [0.1, 0.15) is 0 Å². The molecule has 0 bridgehead atoms. The topological polar surface area (TPSA) is 26.0 Å². The predicted molar refractivity (Wildman–Crippen MR) is 92.5 cm³/mol. The molecule has 3 aromatic rings. The van der Waals surface area contributed by atoms with E-state index in [1.165, 1.54) is 46.4 Å². The highest BCUT2D eigenvalue weighted by Crippen LogP contribution is 2.32. The Morgan fingerprint density at radius 3 is 2.29 bits per heavy atom. The van der Waals surface area contributed by atoms with Gasteiger partial charge in [-0.1, -0.05) is 74.7 Å². The summed E-state index contributed by atoms with van der Waals surface area (Å²) in [5.74, 6) is 0. The van der Waals surface area contributed by atoms with E-state index in [9.17, 15) is 0 Å². The maximum Gasteiger partial charge on any atom is 0.0301 e. The molecule has 0 radical (unpaired) electrons. The summed E-state index contributed by atoms with van der Waals surface area (Å²) >= 11 is 0. The molecule has 0 saturated carbocycles. The maximum atomic E-state index is 6.49. The molecule has 0 aromatic heterocycles. The normalized spacial score (nSPS) is 12.9. The summed E-state index contributed by atoms with van der Waals surface area (Å²) in [4.78, 5) is 0. The third-order valence-corrected chi connectivity index (χ3v) is 4.32. The molecule has 0 fully saturated rings. The zero-order chi connectivity index (χ0) is 14.7. The molecular formula is C20H23N. The van der Waals surface area contributed by atoms with Crippen molar-refractivity contribution < 1.29 is 0 Å². The summed E-state index contributed by atoms with van der Waals surface area (Å²) in [6.07, 6.45) is 4.78. The van der Waals surface area contributed by atoms with Crippen LogP contribution in [0.5, 0.6) is 0 Å². The van der Waals surface area contributed by atoms with Crippen molar-refractivity contribution in [2.45, 2.75) is 38.6 Å². The molecule has 3 rings (SSSR count). The number of hydrogen-bond donors (Lipinski definition) is 1. The highest BCUT2D eigenvalue weighted by molar-refractivity contribution is 6.09. The molecule has 3 aromatic carbocycles. The lowest BCUT2D eigenvalue weighted by Gasteiger charge is -2.16. The molecule has 0 aliphatic carbocycles. The monoisotopic (exact) mass is 277 g/mol. The molecule has 0 unspecified atom stereocenters. The van der Waals surface area contributed by atoms with E-state index in [0.717, 1.165) is 6.42 Å². The van der Waals surface area contributed by atoms with Crippen molar-refractivity contribution in [1.29, 1.82) is 0 Å². The Labute approximate surface area is 126 Å². The third kappa shape index (κ3) is 2.79. The van der Waals surface area contributed by atoms with Crippen LogP contribution >= 0.6 is 0 Å². The second-order valence-electron chi connectivity index (χ2n) is 5.83. The number of nitrogens with two attached hydrogens (primary N) is 1. The fraction of sp³-hybridized carbons (Fsp3) is 0.300. The van der Waals surface area contributed by atoms with Crippen LogP contribution in [0.3, 0.4) is 0 Å². The fourth-order valence-electron chi connectivity index (χ4n) is 3.16. The molecule has 0 saturated heterocycles. The highest BCUT2D eigenvalue weighted by Gasteiger charge is 2.12. The van der Waals surface area contributed by atoms with Gasteiger partial charge < -0.3 is 5.73 Å². The van der Waals surface area contributed by atoms with Crippen molar-refractivity contribution in [3.63, 3.8) is 0 Å². The van der Waals surface area contributed by atoms with Crippen LogP contribution in [0.2, 0.25) is 0 Å². The summed E-state index contributed by atoms with van der Waals surface area (Å²) in [6, 6.07) is 19.6. The first kappa shape index (κ1) is 14.1. The Morgan fingerprint density at radius 2 is 1.52 bits per heavy atom. The smallest absolute Gasteiger partial charge is 0.0301 e. The van der Waals surface area contributed by atoms with Gasteiger partial charge in [-0.25, -0.2) is 0 Å². The van der Waals surface area contributed by atoms with Crippen LogP contribution in [0.4, 0.5) is 0 Å². The Hall–Kier alpha value is -1.86. The largest absolute Gasteiger partial charge is 0.324 e. The predicted octanol–water partition coefficient (Wildman–Crippen LogP) is 5.57. The van der Waals surface area contributed by atoms with E-state index < -0.39 is 0 Å². The SMILES string of the molecule is CCCCC[C@@H](N)c1cc2ccccc2c2ccccc12. The number of fused-ring (bicyclic) bond motifs is 3. The van der Waals surface area contributed by atoms with E-state index in [1.54, 1.807) is 0 Å². The number of rotatable bonds is 5. The maximum absolute atomic E-state index is 6.49. The van der Waals surface area contributed by atoms with Gasteiger partial charge in [0.05, 0.1) is 0 Å². The van der Waals surface area contributed by atoms with Gasteiger partial charge in [0.15, 0.2) is 0 Å².